The molecule has 0 aliphatic heterocycles. The molecule has 0 unspecified atom stereocenters. The highest BCUT2D eigenvalue weighted by atomic mass is 19.4. The largest absolute Gasteiger partial charge is 0.433 e. The normalized spacial score (nSPS) is 12.2. The summed E-state index contributed by atoms with van der Waals surface area (Å²) in [6.45, 7) is -0.253. The Bertz CT molecular complexity index is 388. The molecule has 0 radical (unpaired) electrons. The molecule has 1 heterocycles. The molecule has 16 heavy (non-hydrogen) atoms. The van der Waals surface area contributed by atoms with Crippen LogP contribution in [0.1, 0.15) is 23.2 Å². The molecule has 4 N–H and O–H groups in total. The maximum atomic E-state index is 12.4. The molecule has 0 bridgehead atoms. The minimum Gasteiger partial charge on any atom is -0.383 e. The Kier molecular flexibility index (Phi) is 3.32. The Labute approximate surface area is 87.3 Å². The van der Waals surface area contributed by atoms with Gasteiger partial charge in [0, 0.05) is 17.7 Å². The Morgan fingerprint density at radius 3 is 2.25 bits per heavy atom. The monoisotopic (exact) mass is 241 g/mol. The van der Waals surface area contributed by atoms with E-state index in [-0.39, 0.29) is 12.1 Å². The molecule has 0 saturated heterocycles. The van der Waals surface area contributed by atoms with Crippen molar-refractivity contribution in [3.8, 4) is 0 Å². The first-order chi connectivity index (χ1) is 7.27. The van der Waals surface area contributed by atoms with E-state index in [0.29, 0.717) is 6.07 Å². The van der Waals surface area contributed by atoms with Crippen LogP contribution >= 0.6 is 0 Å². The number of nitrogens with two attached hydrogens (primary N) is 2. The average Bonchev–Trinajstić information content (AvgIpc) is 2.15. The number of nitrogen functional groups attached to an aromatic ring is 1. The molecule has 3 nitrogen and oxygen atoms in total. The van der Waals surface area contributed by atoms with Crippen LogP contribution in [0.4, 0.5) is 27.8 Å². The van der Waals surface area contributed by atoms with E-state index in [2.05, 4.69) is 4.98 Å². The second kappa shape index (κ2) is 4.20. The van der Waals surface area contributed by atoms with Crippen LogP contribution < -0.4 is 11.5 Å². The first-order valence-corrected chi connectivity index (χ1v) is 4.12. The molecular formula is C8H8F5N3. The number of hydrogen-bond acceptors (Lipinski definition) is 3. The first-order valence-electron chi connectivity index (χ1n) is 4.12. The Morgan fingerprint density at radius 1 is 1.31 bits per heavy atom. The third-order valence-corrected chi connectivity index (χ3v) is 1.89. The lowest BCUT2D eigenvalue weighted by atomic mass is 10.1. The summed E-state index contributed by atoms with van der Waals surface area (Å²) >= 11 is 0. The Morgan fingerprint density at radius 2 is 1.88 bits per heavy atom. The van der Waals surface area contributed by atoms with E-state index in [1.807, 2.05) is 0 Å². The lowest BCUT2D eigenvalue weighted by molar-refractivity contribution is -0.143. The van der Waals surface area contributed by atoms with Crippen LogP contribution in [0.25, 0.3) is 0 Å². The molecule has 8 heteroatoms. The van der Waals surface area contributed by atoms with Gasteiger partial charge in [-0.2, -0.15) is 13.2 Å². The molecule has 0 aromatic carbocycles. The Balaban J connectivity index is 3.42. The lowest BCUT2D eigenvalue weighted by Gasteiger charge is -2.14. The average molecular weight is 241 g/mol. The number of rotatable bonds is 2. The smallest absolute Gasteiger partial charge is 0.383 e. The van der Waals surface area contributed by atoms with Crippen molar-refractivity contribution in [1.82, 2.24) is 4.98 Å². The second-order valence-electron chi connectivity index (χ2n) is 2.97. The van der Waals surface area contributed by atoms with Crippen molar-refractivity contribution in [2.45, 2.75) is 19.1 Å². The molecule has 0 atom stereocenters. The van der Waals surface area contributed by atoms with E-state index in [1.54, 1.807) is 0 Å². The zero-order valence-corrected chi connectivity index (χ0v) is 7.85. The summed E-state index contributed by atoms with van der Waals surface area (Å²) in [6.07, 6.45) is -8.25. The van der Waals surface area contributed by atoms with Crippen molar-refractivity contribution in [3.05, 3.63) is 22.9 Å². The van der Waals surface area contributed by atoms with Crippen LogP contribution in [0, 0.1) is 0 Å². The fourth-order valence-corrected chi connectivity index (χ4v) is 1.14. The third-order valence-electron chi connectivity index (χ3n) is 1.89. The molecule has 1 aromatic rings. The summed E-state index contributed by atoms with van der Waals surface area (Å²) in [4.78, 5) is 2.93. The van der Waals surface area contributed by atoms with Gasteiger partial charge in [0.2, 0.25) is 0 Å². The summed E-state index contributed by atoms with van der Waals surface area (Å²) < 4.78 is 61.8. The lowest BCUT2D eigenvalue weighted by Crippen LogP contribution is -2.16. The van der Waals surface area contributed by atoms with Gasteiger partial charge in [-0.15, -0.1) is 0 Å². The topological polar surface area (TPSA) is 64.9 Å². The minimum absolute atomic E-state index is 0.0386. The summed E-state index contributed by atoms with van der Waals surface area (Å²) in [5.41, 5.74) is 7.38. The van der Waals surface area contributed by atoms with Crippen LogP contribution in [-0.4, -0.2) is 4.98 Å². The number of nitrogens with zero attached hydrogens (tertiary/aromatic N) is 1. The molecule has 90 valence electrons. The maximum absolute atomic E-state index is 12.4. The predicted molar refractivity (Wildman–Crippen MR) is 46.5 cm³/mol. The first kappa shape index (κ1) is 12.6. The van der Waals surface area contributed by atoms with Gasteiger partial charge in [0.05, 0.1) is 0 Å². The van der Waals surface area contributed by atoms with Gasteiger partial charge in [0.25, 0.3) is 6.43 Å². The number of hydrogen-bond donors (Lipinski definition) is 2. The molecule has 1 rings (SSSR count). The number of anilines is 1. The molecule has 0 aliphatic rings. The van der Waals surface area contributed by atoms with E-state index >= 15 is 0 Å². The number of pyridine rings is 1. The van der Waals surface area contributed by atoms with E-state index in [4.69, 9.17) is 11.5 Å². The fourth-order valence-electron chi connectivity index (χ4n) is 1.14. The van der Waals surface area contributed by atoms with Crippen LogP contribution in [0.2, 0.25) is 0 Å². The molecular weight excluding hydrogens is 233 g/mol. The molecule has 0 saturated carbocycles. The van der Waals surface area contributed by atoms with Gasteiger partial charge >= 0.3 is 6.18 Å². The van der Waals surface area contributed by atoms with Gasteiger partial charge in [0.15, 0.2) is 5.69 Å². The third kappa shape index (κ3) is 2.38. The standard InChI is InChI=1S/C8H8F5N3/c9-6(10)4-1-3(2-14)7(15)16-5(4)8(11,12)13/h1,6H,2,14H2,(H2,15,16). The quantitative estimate of drug-likeness (QED) is 0.779. The number of halogens is 5. The molecule has 0 amide bonds. The van der Waals surface area contributed by atoms with Gasteiger partial charge in [-0.25, -0.2) is 13.8 Å². The number of aromatic nitrogens is 1. The predicted octanol–water partition coefficient (Wildman–Crippen LogP) is 2.08. The van der Waals surface area contributed by atoms with Gasteiger partial charge in [0.1, 0.15) is 5.82 Å². The van der Waals surface area contributed by atoms with Gasteiger partial charge in [-0.3, -0.25) is 0 Å². The molecule has 0 aliphatic carbocycles. The van der Waals surface area contributed by atoms with Crippen molar-refractivity contribution in [2.24, 2.45) is 5.73 Å². The highest BCUT2D eigenvalue weighted by Gasteiger charge is 2.38. The minimum atomic E-state index is -4.97. The van der Waals surface area contributed by atoms with Crippen molar-refractivity contribution >= 4 is 5.82 Å². The van der Waals surface area contributed by atoms with Crippen LogP contribution in [0.5, 0.6) is 0 Å². The van der Waals surface area contributed by atoms with Crippen molar-refractivity contribution in [1.29, 1.82) is 0 Å². The summed E-state index contributed by atoms with van der Waals surface area (Å²) in [5, 5.41) is 0. The van der Waals surface area contributed by atoms with Crippen molar-refractivity contribution in [2.75, 3.05) is 5.73 Å². The highest BCUT2D eigenvalue weighted by Crippen LogP contribution is 2.36. The highest BCUT2D eigenvalue weighted by molar-refractivity contribution is 5.44. The van der Waals surface area contributed by atoms with Crippen LogP contribution in [-0.2, 0) is 12.7 Å². The van der Waals surface area contributed by atoms with Gasteiger partial charge in [-0.1, -0.05) is 0 Å². The zero-order chi connectivity index (χ0) is 12.5. The molecule has 1 aromatic heterocycles. The van der Waals surface area contributed by atoms with Crippen molar-refractivity contribution in [3.63, 3.8) is 0 Å². The molecule has 0 spiro atoms. The van der Waals surface area contributed by atoms with Crippen LogP contribution in [0.3, 0.4) is 0 Å². The van der Waals surface area contributed by atoms with E-state index in [9.17, 15) is 22.0 Å². The van der Waals surface area contributed by atoms with Crippen molar-refractivity contribution < 1.29 is 22.0 Å². The number of alkyl halides is 5. The second-order valence-corrected chi connectivity index (χ2v) is 2.97. The zero-order valence-electron chi connectivity index (χ0n) is 7.85. The van der Waals surface area contributed by atoms with Gasteiger partial charge < -0.3 is 11.5 Å². The summed E-state index contributed by atoms with van der Waals surface area (Å²) in [6, 6.07) is 0.635. The maximum Gasteiger partial charge on any atom is 0.433 e. The summed E-state index contributed by atoms with van der Waals surface area (Å²) in [5.74, 6) is -0.487. The van der Waals surface area contributed by atoms with E-state index in [1.165, 1.54) is 0 Å². The SMILES string of the molecule is NCc1cc(C(F)F)c(C(F)(F)F)nc1N. The fraction of sp³-hybridized carbons (Fsp3) is 0.375. The van der Waals surface area contributed by atoms with Crippen LogP contribution in [0.15, 0.2) is 6.07 Å². The van der Waals surface area contributed by atoms with E-state index in [0.717, 1.165) is 0 Å². The van der Waals surface area contributed by atoms with E-state index < -0.39 is 29.7 Å². The summed E-state index contributed by atoms with van der Waals surface area (Å²) in [7, 11) is 0. The van der Waals surface area contributed by atoms with Gasteiger partial charge in [-0.05, 0) is 6.07 Å². The molecule has 0 fully saturated rings. The Hall–Kier alpha value is -1.44.